The summed E-state index contributed by atoms with van der Waals surface area (Å²) in [6.45, 7) is 8.56. The second-order valence-electron chi connectivity index (χ2n) is 16.1. The van der Waals surface area contributed by atoms with Crippen LogP contribution in [-0.4, -0.2) is 127 Å². The van der Waals surface area contributed by atoms with Crippen LogP contribution < -0.4 is 15.0 Å². The molecule has 3 heterocycles. The number of methoxy groups -OCH3 is 2. The molecule has 1 fully saturated rings. The Balaban J connectivity index is 1.52. The SMILES string of the molecule is COc1ccc(C(OC[C@H]2O[C@@H](n3c(/N=C/N(C)C)nc4c(=O)[nH]c(/N=C/N(C)C)nc43)C[C@@H]2OP(OCCC#N)N(C(C)C)C(C)C)(c2ccccc2)c2ccc(OC)cc2)cc1. The molecule has 1 unspecified atom stereocenters. The molecule has 0 aliphatic carbocycles. The van der Waals surface area contributed by atoms with E-state index >= 15 is 0 Å². The molecule has 2 aromatic heterocycles. The second-order valence-corrected chi connectivity index (χ2v) is 17.5. The lowest BCUT2D eigenvalue weighted by molar-refractivity contribution is -0.0909. The van der Waals surface area contributed by atoms with Crippen molar-refractivity contribution in [3.63, 3.8) is 0 Å². The molecule has 0 radical (unpaired) electrons. The molecule has 18 heteroatoms. The lowest BCUT2D eigenvalue weighted by Gasteiger charge is -2.39. The molecule has 6 rings (SSSR count). The van der Waals surface area contributed by atoms with Crippen molar-refractivity contribution in [3.8, 4) is 17.6 Å². The van der Waals surface area contributed by atoms with Crippen LogP contribution in [0.15, 0.2) is 93.6 Å². The Morgan fingerprint density at radius 1 is 0.891 bits per heavy atom. The van der Waals surface area contributed by atoms with Crippen LogP contribution in [0, 0.1) is 11.3 Å². The Morgan fingerprint density at radius 2 is 1.47 bits per heavy atom. The Bertz CT molecular complexity index is 2380. The predicted octanol–water partition coefficient (Wildman–Crippen LogP) is 7.54. The summed E-state index contributed by atoms with van der Waals surface area (Å²) in [7, 11) is 8.87. The summed E-state index contributed by atoms with van der Waals surface area (Å²) in [6, 6.07) is 27.9. The lowest BCUT2D eigenvalue weighted by atomic mass is 9.80. The summed E-state index contributed by atoms with van der Waals surface area (Å²) in [6.07, 6.45) is 1.44. The Kier molecular flexibility index (Phi) is 16.2. The monoisotopic (exact) mass is 894 g/mol. The van der Waals surface area contributed by atoms with Crippen LogP contribution in [0.1, 0.15) is 63.5 Å². The van der Waals surface area contributed by atoms with E-state index in [0.29, 0.717) is 11.5 Å². The van der Waals surface area contributed by atoms with E-state index in [1.165, 1.54) is 0 Å². The minimum Gasteiger partial charge on any atom is -0.497 e. The Morgan fingerprint density at radius 3 is 2.02 bits per heavy atom. The maximum Gasteiger partial charge on any atom is 0.280 e. The van der Waals surface area contributed by atoms with Crippen molar-refractivity contribution < 1.29 is 28.0 Å². The number of nitriles is 1. The molecule has 0 saturated carbocycles. The fourth-order valence-corrected chi connectivity index (χ4v) is 9.28. The number of benzene rings is 3. The van der Waals surface area contributed by atoms with Crippen molar-refractivity contribution in [2.75, 3.05) is 55.6 Å². The maximum atomic E-state index is 13.6. The first-order valence-corrected chi connectivity index (χ1v) is 22.2. The van der Waals surface area contributed by atoms with Crippen LogP contribution in [0.2, 0.25) is 0 Å². The molecular weight excluding hydrogens is 836 g/mol. The highest BCUT2D eigenvalue weighted by molar-refractivity contribution is 7.44. The summed E-state index contributed by atoms with van der Waals surface area (Å²) in [5, 5.41) is 9.49. The number of aromatic nitrogens is 4. The topological polar surface area (TPSA) is 177 Å². The molecule has 1 aliphatic heterocycles. The molecule has 4 atom stereocenters. The van der Waals surface area contributed by atoms with E-state index in [4.69, 9.17) is 33.0 Å². The number of hydrogen-bond acceptors (Lipinski definition) is 13. The highest BCUT2D eigenvalue weighted by Gasteiger charge is 2.46. The fraction of sp³-hybridized carbons (Fsp3) is 0.435. The minimum atomic E-state index is -1.73. The number of imidazole rings is 1. The molecular formula is C46H59N10O7P. The van der Waals surface area contributed by atoms with Gasteiger partial charge in [-0.15, -0.1) is 0 Å². The van der Waals surface area contributed by atoms with Crippen LogP contribution >= 0.6 is 8.53 Å². The fourth-order valence-electron chi connectivity index (χ4n) is 7.53. The molecule has 1 saturated heterocycles. The molecule has 3 aromatic carbocycles. The van der Waals surface area contributed by atoms with E-state index in [9.17, 15) is 10.1 Å². The van der Waals surface area contributed by atoms with Crippen molar-refractivity contribution in [2.45, 2.75) is 76.7 Å². The van der Waals surface area contributed by atoms with Crippen LogP contribution in [-0.2, 0) is 24.1 Å². The molecule has 340 valence electrons. The number of rotatable bonds is 21. The number of H-pyrrole nitrogens is 1. The largest absolute Gasteiger partial charge is 0.497 e. The highest BCUT2D eigenvalue weighted by Crippen LogP contribution is 2.51. The first-order chi connectivity index (χ1) is 30.8. The third-order valence-electron chi connectivity index (χ3n) is 10.3. The van der Waals surface area contributed by atoms with Crippen LogP contribution in [0.25, 0.3) is 11.2 Å². The van der Waals surface area contributed by atoms with Gasteiger partial charge in [-0.05, 0) is 68.7 Å². The van der Waals surface area contributed by atoms with Gasteiger partial charge in [0.1, 0.15) is 29.4 Å². The quantitative estimate of drug-likeness (QED) is 0.0252. The second kappa shape index (κ2) is 21.8. The van der Waals surface area contributed by atoms with Gasteiger partial charge in [0.25, 0.3) is 14.1 Å². The van der Waals surface area contributed by atoms with E-state index in [1.807, 2.05) is 107 Å². The van der Waals surface area contributed by atoms with Crippen molar-refractivity contribution in [1.29, 1.82) is 5.26 Å². The number of nitrogens with zero attached hydrogens (tertiary/aromatic N) is 9. The predicted molar refractivity (Wildman–Crippen MR) is 249 cm³/mol. The molecule has 1 N–H and O–H groups in total. The average Bonchev–Trinajstić information content (AvgIpc) is 3.86. The van der Waals surface area contributed by atoms with Gasteiger partial charge in [0.05, 0.1) is 58.7 Å². The zero-order valence-electron chi connectivity index (χ0n) is 38.2. The summed E-state index contributed by atoms with van der Waals surface area (Å²) in [4.78, 5) is 38.3. The Labute approximate surface area is 376 Å². The summed E-state index contributed by atoms with van der Waals surface area (Å²) < 4.78 is 43.1. The van der Waals surface area contributed by atoms with Crippen molar-refractivity contribution in [3.05, 3.63) is 106 Å². The molecule has 0 spiro atoms. The van der Waals surface area contributed by atoms with E-state index in [2.05, 4.69) is 58.4 Å². The van der Waals surface area contributed by atoms with Crippen molar-refractivity contribution >= 4 is 44.3 Å². The summed E-state index contributed by atoms with van der Waals surface area (Å²) in [5.74, 6) is 1.69. The van der Waals surface area contributed by atoms with E-state index in [0.717, 1.165) is 16.7 Å². The first-order valence-electron chi connectivity index (χ1n) is 21.1. The number of hydrogen-bond donors (Lipinski definition) is 1. The zero-order valence-corrected chi connectivity index (χ0v) is 39.1. The third-order valence-corrected chi connectivity index (χ3v) is 12.5. The van der Waals surface area contributed by atoms with Gasteiger partial charge < -0.3 is 37.8 Å². The third kappa shape index (κ3) is 11.0. The Hall–Kier alpha value is -5.73. The number of aromatic amines is 1. The molecule has 5 aromatic rings. The molecule has 1 aliphatic rings. The normalized spacial score (nSPS) is 17.3. The average molecular weight is 895 g/mol. The van der Waals surface area contributed by atoms with Gasteiger partial charge in [-0.1, -0.05) is 54.6 Å². The number of aliphatic imine (C=N–C) groups is 2. The van der Waals surface area contributed by atoms with Crippen LogP contribution in [0.5, 0.6) is 11.5 Å². The summed E-state index contributed by atoms with van der Waals surface area (Å²) in [5.41, 5.74) is 1.23. The van der Waals surface area contributed by atoms with Gasteiger partial charge in [0.2, 0.25) is 11.9 Å². The molecule has 64 heavy (non-hydrogen) atoms. The van der Waals surface area contributed by atoms with Gasteiger partial charge in [-0.3, -0.25) is 14.3 Å². The van der Waals surface area contributed by atoms with E-state index in [1.54, 1.807) is 41.3 Å². The summed E-state index contributed by atoms with van der Waals surface area (Å²) >= 11 is 0. The van der Waals surface area contributed by atoms with Crippen LogP contribution in [0.4, 0.5) is 11.9 Å². The van der Waals surface area contributed by atoms with E-state index in [-0.39, 0.29) is 61.2 Å². The molecule has 17 nitrogen and oxygen atoms in total. The van der Waals surface area contributed by atoms with Crippen LogP contribution in [0.3, 0.4) is 0 Å². The van der Waals surface area contributed by atoms with Gasteiger partial charge in [-0.2, -0.15) is 10.2 Å². The van der Waals surface area contributed by atoms with Gasteiger partial charge in [0.15, 0.2) is 11.2 Å². The van der Waals surface area contributed by atoms with Crippen molar-refractivity contribution in [2.24, 2.45) is 9.98 Å². The van der Waals surface area contributed by atoms with Gasteiger partial charge in [-0.25, -0.2) is 19.6 Å². The number of nitrogens with one attached hydrogen (secondary N) is 1. The highest BCUT2D eigenvalue weighted by atomic mass is 31.2. The lowest BCUT2D eigenvalue weighted by Crippen LogP contribution is -2.39. The number of ether oxygens (including phenoxy) is 4. The maximum absolute atomic E-state index is 13.6. The van der Waals surface area contributed by atoms with Gasteiger partial charge >= 0.3 is 0 Å². The van der Waals surface area contributed by atoms with Crippen molar-refractivity contribution in [1.82, 2.24) is 34.0 Å². The van der Waals surface area contributed by atoms with Gasteiger partial charge in [0, 0.05) is 46.7 Å². The zero-order chi connectivity index (χ0) is 46.0. The van der Waals surface area contributed by atoms with E-state index < -0.39 is 38.1 Å². The smallest absolute Gasteiger partial charge is 0.280 e. The molecule has 0 bridgehead atoms. The first kappa shape index (κ1) is 47.7. The standard InChI is InChI=1S/C46H59N10O7P/c1-31(2)56(32(3)4)64(61-26-14-25-47)63-38-27-40(55-42-41(50-45(55)49-30-54(7)8)43(57)52-44(51-42)48-29-53(5)6)62-39(38)28-60-46(33-15-12-11-13-16-33,34-17-21-36(58-9)22-18-34)35-19-23-37(59-10)24-20-35/h11-13,15-24,29-32,38-40H,14,26-28H2,1-10H3,(H,51,52,57)/b48-29+,49-30+/t38-,39+,40+,64?/m0/s1. The minimum absolute atomic E-state index is 0.0220. The molecule has 0 amide bonds. The number of fused-ring (bicyclic) bond motifs is 1.